The predicted octanol–water partition coefficient (Wildman–Crippen LogP) is -0.748. The first-order valence-corrected chi connectivity index (χ1v) is 4.01. The number of nitrogens with zero attached hydrogens (tertiary/aromatic N) is 3. The van der Waals surface area contributed by atoms with Gasteiger partial charge < -0.3 is 10.8 Å². The number of rotatable bonds is 4. The summed E-state index contributed by atoms with van der Waals surface area (Å²) in [5, 5.41) is 16.1. The van der Waals surface area contributed by atoms with E-state index < -0.39 is 12.0 Å². The van der Waals surface area contributed by atoms with Crippen LogP contribution in [0.25, 0.3) is 0 Å². The first-order valence-electron chi connectivity index (χ1n) is 4.01. The fraction of sp³-hybridized carbons (Fsp3) is 0.571. The lowest BCUT2D eigenvalue weighted by Crippen LogP contribution is -2.32. The van der Waals surface area contributed by atoms with E-state index in [0.717, 1.165) is 6.54 Å². The summed E-state index contributed by atoms with van der Waals surface area (Å²) in [7, 11) is 0. The summed E-state index contributed by atoms with van der Waals surface area (Å²) in [4.78, 5) is 10.4. The summed E-state index contributed by atoms with van der Waals surface area (Å²) < 4.78 is 1.63. The smallest absolute Gasteiger partial charge is 0.320 e. The van der Waals surface area contributed by atoms with Crippen molar-refractivity contribution in [3.05, 3.63) is 11.9 Å². The Kier molecular flexibility index (Phi) is 2.97. The number of hydrogen-bond donors (Lipinski definition) is 2. The Morgan fingerprint density at radius 2 is 2.54 bits per heavy atom. The molecule has 0 fully saturated rings. The Morgan fingerprint density at radius 3 is 3.00 bits per heavy atom. The van der Waals surface area contributed by atoms with Crippen LogP contribution in [0, 0.1) is 0 Å². The lowest BCUT2D eigenvalue weighted by Gasteiger charge is -2.01. The minimum Gasteiger partial charge on any atom is -0.480 e. The third-order valence-electron chi connectivity index (χ3n) is 1.66. The van der Waals surface area contributed by atoms with E-state index in [1.165, 1.54) is 0 Å². The molecule has 0 unspecified atom stereocenters. The van der Waals surface area contributed by atoms with E-state index in [-0.39, 0.29) is 6.42 Å². The Balaban J connectivity index is 2.58. The van der Waals surface area contributed by atoms with E-state index in [0.29, 0.717) is 5.69 Å². The standard InChI is InChI=1S/C7H12N4O2/c1-2-11-4-5(9-10-11)3-6(8)7(12)13/h4,6H,2-3,8H2,1H3,(H,12,13)/t6-/m1/s1. The van der Waals surface area contributed by atoms with Crippen molar-refractivity contribution in [3.63, 3.8) is 0 Å². The van der Waals surface area contributed by atoms with Gasteiger partial charge in [0.15, 0.2) is 0 Å². The molecule has 1 rings (SSSR count). The van der Waals surface area contributed by atoms with Crippen LogP contribution in [-0.4, -0.2) is 32.1 Å². The molecular weight excluding hydrogens is 172 g/mol. The second kappa shape index (κ2) is 3.99. The van der Waals surface area contributed by atoms with E-state index in [1.807, 2.05) is 6.92 Å². The molecule has 0 aliphatic carbocycles. The molecule has 0 spiro atoms. The van der Waals surface area contributed by atoms with E-state index in [9.17, 15) is 4.79 Å². The molecule has 1 atom stereocenters. The Morgan fingerprint density at radius 1 is 1.85 bits per heavy atom. The molecule has 6 nitrogen and oxygen atoms in total. The van der Waals surface area contributed by atoms with Crippen LogP contribution < -0.4 is 5.73 Å². The Hall–Kier alpha value is -1.43. The van der Waals surface area contributed by atoms with Crippen molar-refractivity contribution in [2.24, 2.45) is 5.73 Å². The molecule has 0 saturated heterocycles. The minimum atomic E-state index is -1.02. The average Bonchev–Trinajstić information content (AvgIpc) is 2.52. The minimum absolute atomic E-state index is 0.218. The first-order chi connectivity index (χ1) is 6.13. The molecule has 0 saturated carbocycles. The topological polar surface area (TPSA) is 94.0 Å². The van der Waals surface area contributed by atoms with Crippen LogP contribution in [0.1, 0.15) is 12.6 Å². The third-order valence-corrected chi connectivity index (χ3v) is 1.66. The molecule has 72 valence electrons. The van der Waals surface area contributed by atoms with Gasteiger partial charge in [0.25, 0.3) is 0 Å². The van der Waals surface area contributed by atoms with Gasteiger partial charge in [-0.2, -0.15) is 0 Å². The molecule has 1 aromatic rings. The van der Waals surface area contributed by atoms with Crippen LogP contribution in [0.3, 0.4) is 0 Å². The van der Waals surface area contributed by atoms with Gasteiger partial charge in [0.1, 0.15) is 6.04 Å². The normalized spacial score (nSPS) is 12.8. The molecule has 1 heterocycles. The van der Waals surface area contributed by atoms with Crippen molar-refractivity contribution in [2.45, 2.75) is 25.9 Å². The van der Waals surface area contributed by atoms with Crippen LogP contribution in [0.2, 0.25) is 0 Å². The maximum atomic E-state index is 10.4. The van der Waals surface area contributed by atoms with Crippen molar-refractivity contribution >= 4 is 5.97 Å². The van der Waals surface area contributed by atoms with E-state index in [2.05, 4.69) is 10.3 Å². The molecule has 0 aliphatic heterocycles. The summed E-state index contributed by atoms with van der Waals surface area (Å²) in [5.41, 5.74) is 5.93. The molecular formula is C7H12N4O2. The van der Waals surface area contributed by atoms with Gasteiger partial charge in [-0.15, -0.1) is 5.10 Å². The van der Waals surface area contributed by atoms with Crippen molar-refractivity contribution < 1.29 is 9.90 Å². The highest BCUT2D eigenvalue weighted by atomic mass is 16.4. The highest BCUT2D eigenvalue weighted by Crippen LogP contribution is 1.97. The second-order valence-electron chi connectivity index (χ2n) is 2.71. The Bertz CT molecular complexity index is 296. The number of aromatic nitrogens is 3. The summed E-state index contributed by atoms with van der Waals surface area (Å²) in [5.74, 6) is -1.02. The first kappa shape index (κ1) is 9.66. The van der Waals surface area contributed by atoms with Gasteiger partial charge in [0.2, 0.25) is 0 Å². The number of aliphatic carboxylic acids is 1. The molecule has 3 N–H and O–H groups in total. The van der Waals surface area contributed by atoms with Gasteiger partial charge in [-0.05, 0) is 6.92 Å². The number of hydrogen-bond acceptors (Lipinski definition) is 4. The molecule has 0 aliphatic rings. The maximum absolute atomic E-state index is 10.4. The molecule has 6 heteroatoms. The molecule has 0 radical (unpaired) electrons. The van der Waals surface area contributed by atoms with Gasteiger partial charge in [-0.3, -0.25) is 9.48 Å². The van der Waals surface area contributed by atoms with Crippen molar-refractivity contribution in [1.29, 1.82) is 0 Å². The zero-order valence-corrected chi connectivity index (χ0v) is 7.34. The maximum Gasteiger partial charge on any atom is 0.320 e. The third kappa shape index (κ3) is 2.51. The zero-order chi connectivity index (χ0) is 9.84. The average molecular weight is 184 g/mol. The lowest BCUT2D eigenvalue weighted by atomic mass is 10.2. The van der Waals surface area contributed by atoms with Gasteiger partial charge in [0.05, 0.1) is 5.69 Å². The van der Waals surface area contributed by atoms with Gasteiger partial charge >= 0.3 is 5.97 Å². The van der Waals surface area contributed by atoms with Crippen LogP contribution in [-0.2, 0) is 17.8 Å². The number of nitrogens with two attached hydrogens (primary N) is 1. The van der Waals surface area contributed by atoms with Crippen molar-refractivity contribution in [3.8, 4) is 0 Å². The number of aryl methyl sites for hydroxylation is 1. The van der Waals surface area contributed by atoms with Crippen LogP contribution in [0.4, 0.5) is 0 Å². The molecule has 13 heavy (non-hydrogen) atoms. The SMILES string of the molecule is CCn1cc(C[C@@H](N)C(=O)O)nn1. The predicted molar refractivity (Wildman–Crippen MR) is 45.0 cm³/mol. The Labute approximate surface area is 75.3 Å². The molecule has 1 aromatic heterocycles. The molecule has 0 amide bonds. The highest BCUT2D eigenvalue weighted by Gasteiger charge is 2.13. The van der Waals surface area contributed by atoms with Crippen LogP contribution >= 0.6 is 0 Å². The summed E-state index contributed by atoms with van der Waals surface area (Å²) in [6.45, 7) is 2.64. The number of carboxylic acids is 1. The van der Waals surface area contributed by atoms with Gasteiger partial charge in [0, 0.05) is 19.2 Å². The number of carbonyl (C=O) groups is 1. The van der Waals surface area contributed by atoms with Gasteiger partial charge in [-0.1, -0.05) is 5.21 Å². The van der Waals surface area contributed by atoms with Crippen LogP contribution in [0.5, 0.6) is 0 Å². The number of carboxylic acid groups (broad SMARTS) is 1. The van der Waals surface area contributed by atoms with Crippen molar-refractivity contribution in [1.82, 2.24) is 15.0 Å². The zero-order valence-electron chi connectivity index (χ0n) is 7.34. The van der Waals surface area contributed by atoms with E-state index in [1.54, 1.807) is 10.9 Å². The monoisotopic (exact) mass is 184 g/mol. The summed E-state index contributed by atoms with van der Waals surface area (Å²) in [6.07, 6.45) is 1.91. The van der Waals surface area contributed by atoms with Gasteiger partial charge in [-0.25, -0.2) is 0 Å². The lowest BCUT2D eigenvalue weighted by molar-refractivity contribution is -0.138. The molecule has 0 aromatic carbocycles. The fourth-order valence-corrected chi connectivity index (χ4v) is 0.899. The van der Waals surface area contributed by atoms with E-state index in [4.69, 9.17) is 10.8 Å². The summed E-state index contributed by atoms with van der Waals surface area (Å²) >= 11 is 0. The quantitative estimate of drug-likeness (QED) is 0.642. The van der Waals surface area contributed by atoms with E-state index >= 15 is 0 Å². The molecule has 0 bridgehead atoms. The van der Waals surface area contributed by atoms with Crippen molar-refractivity contribution in [2.75, 3.05) is 0 Å². The fourth-order valence-electron chi connectivity index (χ4n) is 0.899. The largest absolute Gasteiger partial charge is 0.480 e. The van der Waals surface area contributed by atoms with Crippen LogP contribution in [0.15, 0.2) is 6.20 Å². The second-order valence-corrected chi connectivity index (χ2v) is 2.71. The summed E-state index contributed by atoms with van der Waals surface area (Å²) in [6, 6.07) is -0.901. The highest BCUT2D eigenvalue weighted by molar-refractivity contribution is 5.73.